The predicted octanol–water partition coefficient (Wildman–Crippen LogP) is 1.89. The van der Waals surface area contributed by atoms with Crippen LogP contribution in [0.2, 0.25) is 0 Å². The van der Waals surface area contributed by atoms with Gasteiger partial charge in [-0.15, -0.1) is 0 Å². The topological polar surface area (TPSA) is 24.5 Å². The Kier molecular flexibility index (Phi) is 4.38. The second kappa shape index (κ2) is 5.83. The van der Waals surface area contributed by atoms with E-state index in [0.717, 1.165) is 26.2 Å². The van der Waals surface area contributed by atoms with E-state index in [1.54, 1.807) is 0 Å². The number of hydrogen-bond donors (Lipinski definition) is 1. The second-order valence-corrected chi connectivity index (χ2v) is 5.55. The SMILES string of the molecule is CNC(C)(C)C1CN(Cc2ccccc2)CCO1. The normalized spacial score (nSPS) is 22.1. The Hall–Kier alpha value is -0.900. The van der Waals surface area contributed by atoms with Gasteiger partial charge in [-0.05, 0) is 26.5 Å². The van der Waals surface area contributed by atoms with Crippen molar-refractivity contribution in [2.24, 2.45) is 0 Å². The fourth-order valence-corrected chi connectivity index (χ4v) is 2.29. The molecule has 0 aliphatic carbocycles. The number of morpholine rings is 1. The van der Waals surface area contributed by atoms with Crippen molar-refractivity contribution in [3.8, 4) is 0 Å². The van der Waals surface area contributed by atoms with Crippen molar-refractivity contribution in [2.45, 2.75) is 32.0 Å². The van der Waals surface area contributed by atoms with Gasteiger partial charge in [0, 0.05) is 25.2 Å². The number of rotatable bonds is 4. The molecule has 100 valence electrons. The first-order valence-corrected chi connectivity index (χ1v) is 6.68. The van der Waals surface area contributed by atoms with Crippen molar-refractivity contribution in [2.75, 3.05) is 26.7 Å². The molecule has 0 aromatic heterocycles. The largest absolute Gasteiger partial charge is 0.374 e. The molecule has 0 spiro atoms. The van der Waals surface area contributed by atoms with Crippen molar-refractivity contribution in [1.29, 1.82) is 0 Å². The lowest BCUT2D eigenvalue weighted by molar-refractivity contribution is -0.0682. The van der Waals surface area contributed by atoms with E-state index < -0.39 is 0 Å². The Balaban J connectivity index is 1.95. The minimum absolute atomic E-state index is 0.0232. The van der Waals surface area contributed by atoms with E-state index in [9.17, 15) is 0 Å². The van der Waals surface area contributed by atoms with Crippen LogP contribution >= 0.6 is 0 Å². The van der Waals surface area contributed by atoms with Crippen LogP contribution in [0.1, 0.15) is 19.4 Å². The fourth-order valence-electron chi connectivity index (χ4n) is 2.29. The van der Waals surface area contributed by atoms with E-state index in [0.29, 0.717) is 0 Å². The van der Waals surface area contributed by atoms with Crippen LogP contribution in [0.25, 0.3) is 0 Å². The van der Waals surface area contributed by atoms with Crippen molar-refractivity contribution >= 4 is 0 Å². The number of nitrogens with zero attached hydrogens (tertiary/aromatic N) is 1. The molecule has 0 radical (unpaired) electrons. The van der Waals surface area contributed by atoms with Crippen molar-refractivity contribution in [1.82, 2.24) is 10.2 Å². The van der Waals surface area contributed by atoms with Gasteiger partial charge in [-0.3, -0.25) is 4.90 Å². The third-order valence-corrected chi connectivity index (χ3v) is 3.85. The highest BCUT2D eigenvalue weighted by Gasteiger charge is 2.32. The summed E-state index contributed by atoms with van der Waals surface area (Å²) in [7, 11) is 2.00. The summed E-state index contributed by atoms with van der Waals surface area (Å²) in [5, 5.41) is 3.34. The lowest BCUT2D eigenvalue weighted by Gasteiger charge is -2.41. The summed E-state index contributed by atoms with van der Waals surface area (Å²) in [6.07, 6.45) is 0.250. The fraction of sp³-hybridized carbons (Fsp3) is 0.600. The molecule has 1 aromatic rings. The molecule has 18 heavy (non-hydrogen) atoms. The first-order valence-electron chi connectivity index (χ1n) is 6.68. The molecule has 0 bridgehead atoms. The van der Waals surface area contributed by atoms with Gasteiger partial charge in [-0.1, -0.05) is 30.3 Å². The van der Waals surface area contributed by atoms with Crippen LogP contribution in [0, 0.1) is 0 Å². The molecule has 3 heteroatoms. The summed E-state index contributed by atoms with van der Waals surface area (Å²) in [6.45, 7) is 8.24. The molecular weight excluding hydrogens is 224 g/mol. The molecule has 0 amide bonds. The summed E-state index contributed by atoms with van der Waals surface area (Å²) >= 11 is 0. The standard InChI is InChI=1S/C15H24N2O/c1-15(2,16-3)14-12-17(9-10-18-14)11-13-7-5-4-6-8-13/h4-8,14,16H,9-12H2,1-3H3. The van der Waals surface area contributed by atoms with E-state index in [2.05, 4.69) is 54.4 Å². The maximum Gasteiger partial charge on any atom is 0.0878 e. The number of benzene rings is 1. The summed E-state index contributed by atoms with van der Waals surface area (Å²) in [5.74, 6) is 0. The number of likely N-dealkylation sites (N-methyl/N-ethyl adjacent to an activating group) is 1. The van der Waals surface area contributed by atoms with Gasteiger partial charge in [0.15, 0.2) is 0 Å². The molecule has 1 saturated heterocycles. The molecule has 2 rings (SSSR count). The first kappa shape index (κ1) is 13.5. The zero-order valence-corrected chi connectivity index (χ0v) is 11.6. The molecule has 1 aromatic carbocycles. The van der Waals surface area contributed by atoms with E-state index in [1.165, 1.54) is 5.56 Å². The van der Waals surface area contributed by atoms with Gasteiger partial charge < -0.3 is 10.1 Å². The summed E-state index contributed by atoms with van der Waals surface area (Å²) < 4.78 is 5.90. The molecular formula is C15H24N2O. The molecule has 1 aliphatic rings. The van der Waals surface area contributed by atoms with Crippen LogP contribution in [0.15, 0.2) is 30.3 Å². The Labute approximate surface area is 110 Å². The molecule has 1 heterocycles. The highest BCUT2D eigenvalue weighted by atomic mass is 16.5. The highest BCUT2D eigenvalue weighted by molar-refractivity contribution is 5.14. The monoisotopic (exact) mass is 248 g/mol. The maximum atomic E-state index is 5.90. The third kappa shape index (κ3) is 3.31. The predicted molar refractivity (Wildman–Crippen MR) is 74.6 cm³/mol. The molecule has 0 saturated carbocycles. The van der Waals surface area contributed by atoms with Gasteiger partial charge in [-0.2, -0.15) is 0 Å². The van der Waals surface area contributed by atoms with Crippen LogP contribution in [0.5, 0.6) is 0 Å². The van der Waals surface area contributed by atoms with Gasteiger partial charge >= 0.3 is 0 Å². The van der Waals surface area contributed by atoms with E-state index >= 15 is 0 Å². The molecule has 3 nitrogen and oxygen atoms in total. The minimum Gasteiger partial charge on any atom is -0.374 e. The zero-order chi connectivity index (χ0) is 13.0. The quantitative estimate of drug-likeness (QED) is 0.880. The number of nitrogens with one attached hydrogen (secondary N) is 1. The van der Waals surface area contributed by atoms with E-state index in [-0.39, 0.29) is 11.6 Å². The molecule has 1 fully saturated rings. The van der Waals surface area contributed by atoms with Gasteiger partial charge in [0.05, 0.1) is 12.7 Å². The van der Waals surface area contributed by atoms with Crippen LogP contribution in [-0.4, -0.2) is 43.3 Å². The minimum atomic E-state index is 0.0232. The molecule has 1 atom stereocenters. The van der Waals surface area contributed by atoms with Crippen LogP contribution in [-0.2, 0) is 11.3 Å². The van der Waals surface area contributed by atoms with Crippen molar-refractivity contribution in [3.63, 3.8) is 0 Å². The summed E-state index contributed by atoms with van der Waals surface area (Å²) in [4.78, 5) is 2.47. The van der Waals surface area contributed by atoms with Crippen LogP contribution in [0.3, 0.4) is 0 Å². The van der Waals surface area contributed by atoms with Crippen LogP contribution < -0.4 is 5.32 Å². The first-order chi connectivity index (χ1) is 8.62. The molecule has 1 N–H and O–H groups in total. The third-order valence-electron chi connectivity index (χ3n) is 3.85. The highest BCUT2D eigenvalue weighted by Crippen LogP contribution is 2.18. The number of hydrogen-bond acceptors (Lipinski definition) is 3. The van der Waals surface area contributed by atoms with Gasteiger partial charge in [0.2, 0.25) is 0 Å². The van der Waals surface area contributed by atoms with E-state index in [4.69, 9.17) is 4.74 Å². The summed E-state index contributed by atoms with van der Waals surface area (Å²) in [6, 6.07) is 10.6. The Morgan fingerprint density at radius 2 is 2.06 bits per heavy atom. The smallest absolute Gasteiger partial charge is 0.0878 e. The molecule has 1 unspecified atom stereocenters. The maximum absolute atomic E-state index is 5.90. The van der Waals surface area contributed by atoms with Crippen LogP contribution in [0.4, 0.5) is 0 Å². The Morgan fingerprint density at radius 3 is 2.72 bits per heavy atom. The van der Waals surface area contributed by atoms with Gasteiger partial charge in [0.25, 0.3) is 0 Å². The molecule has 1 aliphatic heterocycles. The van der Waals surface area contributed by atoms with Crippen molar-refractivity contribution in [3.05, 3.63) is 35.9 Å². The van der Waals surface area contributed by atoms with Crippen molar-refractivity contribution < 1.29 is 4.74 Å². The zero-order valence-electron chi connectivity index (χ0n) is 11.6. The van der Waals surface area contributed by atoms with Gasteiger partial charge in [0.1, 0.15) is 0 Å². The second-order valence-electron chi connectivity index (χ2n) is 5.55. The lowest BCUT2D eigenvalue weighted by atomic mass is 9.96. The number of ether oxygens (including phenoxy) is 1. The average molecular weight is 248 g/mol. The van der Waals surface area contributed by atoms with E-state index in [1.807, 2.05) is 7.05 Å². The van der Waals surface area contributed by atoms with Gasteiger partial charge in [-0.25, -0.2) is 0 Å². The lowest BCUT2D eigenvalue weighted by Crippen LogP contribution is -2.57. The summed E-state index contributed by atoms with van der Waals surface area (Å²) in [5.41, 5.74) is 1.40. The Bertz CT molecular complexity index is 364. The Morgan fingerprint density at radius 1 is 1.33 bits per heavy atom. The average Bonchev–Trinajstić information content (AvgIpc) is 2.40.